The third kappa shape index (κ3) is 4.30. The van der Waals surface area contributed by atoms with E-state index in [1.807, 2.05) is 0 Å². The molecule has 2 saturated heterocycles. The molecule has 2 aliphatic heterocycles. The molecule has 3 rings (SSSR count). The van der Waals surface area contributed by atoms with Gasteiger partial charge in [-0.25, -0.2) is 0 Å². The van der Waals surface area contributed by atoms with Crippen LogP contribution in [-0.4, -0.2) is 61.8 Å². The number of piperidine rings is 1. The highest BCUT2D eigenvalue weighted by Crippen LogP contribution is 2.38. The molecule has 2 N–H and O–H groups in total. The number of hydrogen-bond donors (Lipinski definition) is 2. The second-order valence-electron chi connectivity index (χ2n) is 7.93. The van der Waals surface area contributed by atoms with E-state index in [0.29, 0.717) is 6.42 Å². The van der Waals surface area contributed by atoms with Crippen molar-refractivity contribution >= 4 is 5.91 Å². The van der Waals surface area contributed by atoms with Crippen LogP contribution in [0.2, 0.25) is 0 Å². The van der Waals surface area contributed by atoms with E-state index >= 15 is 0 Å². The van der Waals surface area contributed by atoms with Gasteiger partial charge in [0.15, 0.2) is 0 Å². The number of nitrogens with one attached hydrogen (secondary N) is 2. The SMILES string of the molecule is CC(NC(=O)CCC1CCNCC1)C1(N2CCOCC2)CCCC1. The zero-order valence-corrected chi connectivity index (χ0v) is 15.3. The molecule has 5 nitrogen and oxygen atoms in total. The molecule has 5 heteroatoms. The van der Waals surface area contributed by atoms with Crippen LogP contribution in [-0.2, 0) is 9.53 Å². The standard InChI is InChI=1S/C19H35N3O2/c1-16(21-18(23)5-4-17-6-10-20-11-7-17)19(8-2-3-9-19)22-12-14-24-15-13-22/h16-17,20H,2-15H2,1H3,(H,21,23). The molecular formula is C19H35N3O2. The maximum Gasteiger partial charge on any atom is 0.220 e. The van der Waals surface area contributed by atoms with Crippen LogP contribution in [0.3, 0.4) is 0 Å². The Morgan fingerprint density at radius 3 is 2.58 bits per heavy atom. The fraction of sp³-hybridized carbons (Fsp3) is 0.947. The predicted molar refractivity (Wildman–Crippen MR) is 96.0 cm³/mol. The highest BCUT2D eigenvalue weighted by atomic mass is 16.5. The van der Waals surface area contributed by atoms with Crippen molar-refractivity contribution in [1.82, 2.24) is 15.5 Å². The molecule has 0 aromatic heterocycles. The average Bonchev–Trinajstić information content (AvgIpc) is 3.13. The van der Waals surface area contributed by atoms with E-state index in [1.165, 1.54) is 38.5 Å². The normalized spacial score (nSPS) is 27.0. The van der Waals surface area contributed by atoms with Crippen LogP contribution in [0.4, 0.5) is 0 Å². The molecule has 0 aromatic rings. The van der Waals surface area contributed by atoms with E-state index in [9.17, 15) is 4.79 Å². The van der Waals surface area contributed by atoms with Crippen molar-refractivity contribution in [2.75, 3.05) is 39.4 Å². The van der Waals surface area contributed by atoms with Crippen molar-refractivity contribution in [3.63, 3.8) is 0 Å². The molecule has 24 heavy (non-hydrogen) atoms. The van der Waals surface area contributed by atoms with E-state index in [0.717, 1.165) is 51.7 Å². The average molecular weight is 338 g/mol. The quantitative estimate of drug-likeness (QED) is 0.777. The lowest BCUT2D eigenvalue weighted by atomic mass is 9.86. The summed E-state index contributed by atoms with van der Waals surface area (Å²) in [6.45, 7) is 8.13. The van der Waals surface area contributed by atoms with Gasteiger partial charge in [-0.2, -0.15) is 0 Å². The first-order valence-electron chi connectivity index (χ1n) is 10.0. The van der Waals surface area contributed by atoms with Gasteiger partial charge in [-0.1, -0.05) is 12.8 Å². The Hall–Kier alpha value is -0.650. The molecule has 1 saturated carbocycles. The number of hydrogen-bond acceptors (Lipinski definition) is 4. The maximum atomic E-state index is 12.5. The van der Waals surface area contributed by atoms with E-state index in [1.54, 1.807) is 0 Å². The smallest absolute Gasteiger partial charge is 0.220 e. The number of nitrogens with zero attached hydrogens (tertiary/aromatic N) is 1. The fourth-order valence-corrected chi connectivity index (χ4v) is 4.97. The molecule has 1 aliphatic carbocycles. The first kappa shape index (κ1) is 18.2. The van der Waals surface area contributed by atoms with Crippen LogP contribution < -0.4 is 10.6 Å². The first-order valence-corrected chi connectivity index (χ1v) is 10.0. The van der Waals surface area contributed by atoms with Crippen LogP contribution in [0.15, 0.2) is 0 Å². The molecule has 3 fully saturated rings. The van der Waals surface area contributed by atoms with Crippen molar-refractivity contribution in [3.05, 3.63) is 0 Å². The van der Waals surface area contributed by atoms with E-state index < -0.39 is 0 Å². The van der Waals surface area contributed by atoms with Gasteiger partial charge >= 0.3 is 0 Å². The minimum Gasteiger partial charge on any atom is -0.379 e. The van der Waals surface area contributed by atoms with E-state index in [2.05, 4.69) is 22.5 Å². The molecule has 2 heterocycles. The van der Waals surface area contributed by atoms with Gasteiger partial charge in [-0.3, -0.25) is 9.69 Å². The molecule has 0 aromatic carbocycles. The van der Waals surface area contributed by atoms with Gasteiger partial charge < -0.3 is 15.4 Å². The summed E-state index contributed by atoms with van der Waals surface area (Å²) < 4.78 is 5.54. The van der Waals surface area contributed by atoms with E-state index in [4.69, 9.17) is 4.74 Å². The van der Waals surface area contributed by atoms with Gasteiger partial charge in [0.05, 0.1) is 13.2 Å². The second kappa shape index (κ2) is 8.63. The van der Waals surface area contributed by atoms with Gasteiger partial charge in [-0.15, -0.1) is 0 Å². The second-order valence-corrected chi connectivity index (χ2v) is 7.93. The van der Waals surface area contributed by atoms with Gasteiger partial charge in [0.2, 0.25) is 5.91 Å². The Bertz CT molecular complexity index is 397. The van der Waals surface area contributed by atoms with Crippen LogP contribution in [0, 0.1) is 5.92 Å². The number of ether oxygens (including phenoxy) is 1. The summed E-state index contributed by atoms with van der Waals surface area (Å²) in [7, 11) is 0. The Balaban J connectivity index is 1.51. The number of morpholine rings is 1. The summed E-state index contributed by atoms with van der Waals surface area (Å²) in [5, 5.41) is 6.76. The Labute approximate surface area is 146 Å². The molecule has 0 radical (unpaired) electrons. The summed E-state index contributed by atoms with van der Waals surface area (Å²) in [6, 6.07) is 0.235. The zero-order valence-electron chi connectivity index (χ0n) is 15.3. The summed E-state index contributed by atoms with van der Waals surface area (Å²) in [4.78, 5) is 15.1. The highest BCUT2D eigenvalue weighted by Gasteiger charge is 2.44. The topological polar surface area (TPSA) is 53.6 Å². The van der Waals surface area contributed by atoms with Crippen molar-refractivity contribution in [2.45, 2.75) is 69.9 Å². The summed E-state index contributed by atoms with van der Waals surface area (Å²) in [6.07, 6.45) is 9.17. The molecule has 1 amide bonds. The third-order valence-electron chi connectivity index (χ3n) is 6.53. The van der Waals surface area contributed by atoms with Gasteiger partial charge in [0.1, 0.15) is 0 Å². The molecular weight excluding hydrogens is 302 g/mol. The lowest BCUT2D eigenvalue weighted by Crippen LogP contribution is -2.62. The lowest BCUT2D eigenvalue weighted by molar-refractivity contribution is -0.123. The highest BCUT2D eigenvalue weighted by molar-refractivity contribution is 5.76. The zero-order chi connectivity index (χ0) is 16.8. The Morgan fingerprint density at radius 1 is 1.25 bits per heavy atom. The third-order valence-corrected chi connectivity index (χ3v) is 6.53. The van der Waals surface area contributed by atoms with E-state index in [-0.39, 0.29) is 17.5 Å². The Kier molecular flexibility index (Phi) is 6.53. The van der Waals surface area contributed by atoms with Crippen LogP contribution in [0.1, 0.15) is 58.3 Å². The summed E-state index contributed by atoms with van der Waals surface area (Å²) >= 11 is 0. The fourth-order valence-electron chi connectivity index (χ4n) is 4.97. The maximum absolute atomic E-state index is 12.5. The molecule has 138 valence electrons. The molecule has 0 spiro atoms. The van der Waals surface area contributed by atoms with Crippen molar-refractivity contribution in [1.29, 1.82) is 0 Å². The monoisotopic (exact) mass is 337 g/mol. The van der Waals surface area contributed by atoms with Crippen LogP contribution in [0.25, 0.3) is 0 Å². The number of carbonyl (C=O) groups is 1. The van der Waals surface area contributed by atoms with Crippen molar-refractivity contribution < 1.29 is 9.53 Å². The molecule has 0 bridgehead atoms. The minimum atomic E-state index is 0.161. The summed E-state index contributed by atoms with van der Waals surface area (Å²) in [5.41, 5.74) is 0.161. The number of carbonyl (C=O) groups excluding carboxylic acids is 1. The molecule has 1 atom stereocenters. The number of rotatable bonds is 6. The first-order chi connectivity index (χ1) is 11.7. The van der Waals surface area contributed by atoms with Gasteiger partial charge in [-0.05, 0) is 58.0 Å². The number of amides is 1. The minimum absolute atomic E-state index is 0.161. The summed E-state index contributed by atoms with van der Waals surface area (Å²) in [5.74, 6) is 0.979. The van der Waals surface area contributed by atoms with Gasteiger partial charge in [0.25, 0.3) is 0 Å². The van der Waals surface area contributed by atoms with Gasteiger partial charge in [0, 0.05) is 31.1 Å². The van der Waals surface area contributed by atoms with Crippen LogP contribution >= 0.6 is 0 Å². The van der Waals surface area contributed by atoms with Crippen molar-refractivity contribution in [3.8, 4) is 0 Å². The van der Waals surface area contributed by atoms with Crippen molar-refractivity contribution in [2.24, 2.45) is 5.92 Å². The molecule has 1 unspecified atom stereocenters. The molecule has 3 aliphatic rings. The lowest BCUT2D eigenvalue weighted by Gasteiger charge is -2.47. The largest absolute Gasteiger partial charge is 0.379 e. The van der Waals surface area contributed by atoms with Crippen LogP contribution in [0.5, 0.6) is 0 Å². The predicted octanol–water partition coefficient (Wildman–Crippen LogP) is 1.92. The Morgan fingerprint density at radius 2 is 1.92 bits per heavy atom.